The molecule has 1 atom stereocenters. The molecule has 28 heavy (non-hydrogen) atoms. The summed E-state index contributed by atoms with van der Waals surface area (Å²) < 4.78 is 35.7. The first-order chi connectivity index (χ1) is 13.5. The Morgan fingerprint density at radius 1 is 1.18 bits per heavy atom. The van der Waals surface area contributed by atoms with E-state index in [1.807, 2.05) is 0 Å². The Morgan fingerprint density at radius 3 is 2.68 bits per heavy atom. The van der Waals surface area contributed by atoms with Crippen LogP contribution in [-0.2, 0) is 9.53 Å². The van der Waals surface area contributed by atoms with Gasteiger partial charge in [0.15, 0.2) is 0 Å². The van der Waals surface area contributed by atoms with Crippen LogP contribution in [0.3, 0.4) is 0 Å². The Kier molecular flexibility index (Phi) is 5.23. The highest BCUT2D eigenvalue weighted by molar-refractivity contribution is 6.00. The van der Waals surface area contributed by atoms with Crippen LogP contribution in [0.5, 0.6) is 5.75 Å². The smallest absolute Gasteiger partial charge is 0.387 e. The van der Waals surface area contributed by atoms with Crippen molar-refractivity contribution in [2.75, 3.05) is 26.2 Å². The second-order valence-electron chi connectivity index (χ2n) is 7.68. The summed E-state index contributed by atoms with van der Waals surface area (Å²) in [5.41, 5.74) is -0.154. The molecule has 3 aliphatic rings. The summed E-state index contributed by atoms with van der Waals surface area (Å²) in [5.74, 6) is -0.688. The molecule has 2 aliphatic heterocycles. The van der Waals surface area contributed by atoms with Gasteiger partial charge in [0.2, 0.25) is 5.91 Å². The van der Waals surface area contributed by atoms with Crippen molar-refractivity contribution < 1.29 is 27.8 Å². The predicted molar refractivity (Wildman–Crippen MR) is 96.2 cm³/mol. The molecule has 152 valence electrons. The van der Waals surface area contributed by atoms with Gasteiger partial charge in [0.25, 0.3) is 5.91 Å². The average molecular weight is 394 g/mol. The van der Waals surface area contributed by atoms with E-state index in [9.17, 15) is 18.4 Å². The minimum Gasteiger partial charge on any atom is -0.434 e. The van der Waals surface area contributed by atoms with Gasteiger partial charge >= 0.3 is 6.61 Å². The maximum absolute atomic E-state index is 13.2. The van der Waals surface area contributed by atoms with Gasteiger partial charge < -0.3 is 19.3 Å². The molecule has 8 heteroatoms. The van der Waals surface area contributed by atoms with Gasteiger partial charge in [-0.2, -0.15) is 8.78 Å². The summed E-state index contributed by atoms with van der Waals surface area (Å²) in [5, 5.41) is 0. The van der Waals surface area contributed by atoms with Gasteiger partial charge in [0.1, 0.15) is 11.8 Å². The van der Waals surface area contributed by atoms with Crippen LogP contribution in [0.1, 0.15) is 42.5 Å². The number of ether oxygens (including phenoxy) is 2. The number of carbonyl (C=O) groups excluding carboxylic acids is 2. The third-order valence-corrected chi connectivity index (χ3v) is 5.96. The van der Waals surface area contributed by atoms with Gasteiger partial charge in [-0.15, -0.1) is 0 Å². The Morgan fingerprint density at radius 2 is 1.96 bits per heavy atom. The minimum absolute atomic E-state index is 0.0555. The molecule has 1 aromatic carbocycles. The van der Waals surface area contributed by atoms with Crippen LogP contribution >= 0.6 is 0 Å². The van der Waals surface area contributed by atoms with E-state index in [-0.39, 0.29) is 22.8 Å². The minimum atomic E-state index is -3.02. The van der Waals surface area contributed by atoms with E-state index < -0.39 is 18.6 Å². The van der Waals surface area contributed by atoms with Crippen molar-refractivity contribution in [2.45, 2.75) is 50.4 Å². The van der Waals surface area contributed by atoms with Crippen molar-refractivity contribution in [3.8, 4) is 5.75 Å². The standard InChI is InChI=1S/C20H24F2N2O4/c21-19(22)28-16-7-2-1-5-14(16)17(25)24-10-3-6-15(24)18(26)23-11-12-27-20(13-23)8-4-9-20/h1-2,5,7,15,19H,3-4,6,8-13H2/t15-/m0/s1. The number of likely N-dealkylation sites (tertiary alicyclic amines) is 1. The van der Waals surface area contributed by atoms with Crippen molar-refractivity contribution in [1.29, 1.82) is 0 Å². The molecule has 1 aliphatic carbocycles. The van der Waals surface area contributed by atoms with Crippen LogP contribution in [-0.4, -0.2) is 66.1 Å². The van der Waals surface area contributed by atoms with E-state index in [2.05, 4.69) is 4.74 Å². The van der Waals surface area contributed by atoms with Crippen molar-refractivity contribution in [3.05, 3.63) is 29.8 Å². The third kappa shape index (κ3) is 3.57. The molecule has 0 N–H and O–H groups in total. The fourth-order valence-electron chi connectivity index (χ4n) is 4.38. The van der Waals surface area contributed by atoms with Crippen LogP contribution in [0.25, 0.3) is 0 Å². The summed E-state index contributed by atoms with van der Waals surface area (Å²) in [4.78, 5) is 29.5. The molecule has 2 amide bonds. The summed E-state index contributed by atoms with van der Waals surface area (Å²) in [7, 11) is 0. The number of hydrogen-bond donors (Lipinski definition) is 0. The first kappa shape index (κ1) is 19.1. The normalized spacial score (nSPS) is 23.8. The zero-order valence-corrected chi connectivity index (χ0v) is 15.6. The van der Waals surface area contributed by atoms with Crippen molar-refractivity contribution in [3.63, 3.8) is 0 Å². The van der Waals surface area contributed by atoms with E-state index in [1.165, 1.54) is 23.1 Å². The second-order valence-corrected chi connectivity index (χ2v) is 7.68. The summed E-state index contributed by atoms with van der Waals surface area (Å²) in [6.07, 6.45) is 4.31. The Labute approximate surface area is 162 Å². The van der Waals surface area contributed by atoms with E-state index >= 15 is 0 Å². The van der Waals surface area contributed by atoms with Gasteiger partial charge in [0.05, 0.1) is 17.8 Å². The third-order valence-electron chi connectivity index (χ3n) is 5.96. The van der Waals surface area contributed by atoms with Gasteiger partial charge in [-0.1, -0.05) is 12.1 Å². The Balaban J connectivity index is 1.50. The van der Waals surface area contributed by atoms with Crippen LogP contribution in [0.15, 0.2) is 24.3 Å². The topological polar surface area (TPSA) is 59.1 Å². The lowest BCUT2D eigenvalue weighted by Crippen LogP contribution is -2.60. The summed E-state index contributed by atoms with van der Waals surface area (Å²) >= 11 is 0. The van der Waals surface area contributed by atoms with E-state index in [1.54, 1.807) is 11.0 Å². The van der Waals surface area contributed by atoms with Crippen LogP contribution in [0.4, 0.5) is 8.78 Å². The molecule has 2 heterocycles. The van der Waals surface area contributed by atoms with Gasteiger partial charge in [-0.25, -0.2) is 0 Å². The van der Waals surface area contributed by atoms with Crippen LogP contribution < -0.4 is 4.74 Å². The number of carbonyl (C=O) groups is 2. The molecule has 0 aromatic heterocycles. The molecule has 0 unspecified atom stereocenters. The number of benzene rings is 1. The number of para-hydroxylation sites is 1. The largest absolute Gasteiger partial charge is 0.434 e. The lowest BCUT2D eigenvalue weighted by molar-refractivity contribution is -0.170. The maximum atomic E-state index is 13.2. The quantitative estimate of drug-likeness (QED) is 0.788. The molecular formula is C20H24F2N2O4. The molecule has 3 fully saturated rings. The van der Waals surface area contributed by atoms with Crippen molar-refractivity contribution >= 4 is 11.8 Å². The average Bonchev–Trinajstić information content (AvgIpc) is 3.15. The van der Waals surface area contributed by atoms with Crippen molar-refractivity contribution in [2.24, 2.45) is 0 Å². The molecule has 2 saturated heterocycles. The fraction of sp³-hybridized carbons (Fsp3) is 0.600. The molecular weight excluding hydrogens is 370 g/mol. The van der Waals surface area contributed by atoms with E-state index in [4.69, 9.17) is 4.74 Å². The Hall–Kier alpha value is -2.22. The van der Waals surface area contributed by atoms with Crippen molar-refractivity contribution in [1.82, 2.24) is 9.80 Å². The number of alkyl halides is 2. The SMILES string of the molecule is O=C([C@@H]1CCCN1C(=O)c1ccccc1OC(F)F)N1CCOC2(CCC2)C1. The molecule has 0 radical (unpaired) electrons. The highest BCUT2D eigenvalue weighted by Crippen LogP contribution is 2.38. The molecule has 4 rings (SSSR count). The first-order valence-corrected chi connectivity index (χ1v) is 9.77. The lowest BCUT2D eigenvalue weighted by Gasteiger charge is -2.49. The van der Waals surface area contributed by atoms with E-state index in [0.29, 0.717) is 39.1 Å². The predicted octanol–water partition coefficient (Wildman–Crippen LogP) is 2.67. The number of morpholine rings is 1. The molecule has 1 aromatic rings. The number of nitrogens with zero attached hydrogens (tertiary/aromatic N) is 2. The highest BCUT2D eigenvalue weighted by Gasteiger charge is 2.46. The molecule has 1 saturated carbocycles. The Bertz CT molecular complexity index is 753. The van der Waals surface area contributed by atoms with E-state index in [0.717, 1.165) is 19.3 Å². The maximum Gasteiger partial charge on any atom is 0.387 e. The number of rotatable bonds is 4. The highest BCUT2D eigenvalue weighted by atomic mass is 19.3. The van der Waals surface area contributed by atoms with Crippen LogP contribution in [0.2, 0.25) is 0 Å². The second kappa shape index (κ2) is 7.66. The lowest BCUT2D eigenvalue weighted by atomic mass is 9.78. The molecule has 6 nitrogen and oxygen atoms in total. The molecule has 1 spiro atoms. The zero-order chi connectivity index (χ0) is 19.7. The number of amides is 2. The van der Waals surface area contributed by atoms with Crippen LogP contribution in [0, 0.1) is 0 Å². The summed E-state index contributed by atoms with van der Waals surface area (Å²) in [6, 6.07) is 5.36. The van der Waals surface area contributed by atoms with Gasteiger partial charge in [-0.3, -0.25) is 9.59 Å². The number of hydrogen-bond acceptors (Lipinski definition) is 4. The van der Waals surface area contributed by atoms with Gasteiger partial charge in [0, 0.05) is 19.6 Å². The fourth-order valence-corrected chi connectivity index (χ4v) is 4.38. The monoisotopic (exact) mass is 394 g/mol. The first-order valence-electron chi connectivity index (χ1n) is 9.77. The zero-order valence-electron chi connectivity index (χ0n) is 15.6. The number of halogens is 2. The van der Waals surface area contributed by atoms with Gasteiger partial charge in [-0.05, 0) is 44.2 Å². The summed E-state index contributed by atoms with van der Waals surface area (Å²) in [6.45, 7) is -0.998. The molecule has 0 bridgehead atoms.